The van der Waals surface area contributed by atoms with Gasteiger partial charge in [0.15, 0.2) is 0 Å². The molecule has 1 heterocycles. The van der Waals surface area contributed by atoms with Crippen molar-refractivity contribution in [3.05, 3.63) is 78.1 Å². The molecule has 1 aliphatic heterocycles. The van der Waals surface area contributed by atoms with Crippen LogP contribution in [0.3, 0.4) is 0 Å². The van der Waals surface area contributed by atoms with Crippen molar-refractivity contribution in [3.8, 4) is 0 Å². The van der Waals surface area contributed by atoms with Crippen molar-refractivity contribution in [1.29, 1.82) is 0 Å². The number of hydrogen-bond donors (Lipinski definition) is 2. The molecule has 154 valence electrons. The maximum absolute atomic E-state index is 13.0. The van der Waals surface area contributed by atoms with Gasteiger partial charge in [0.25, 0.3) is 0 Å². The first-order valence-electron chi connectivity index (χ1n) is 10.2. The van der Waals surface area contributed by atoms with Gasteiger partial charge in [0.1, 0.15) is 5.82 Å². The highest BCUT2D eigenvalue weighted by Gasteiger charge is 2.26. The van der Waals surface area contributed by atoms with Crippen LogP contribution in [0.4, 0.5) is 10.1 Å². The molecule has 3 aromatic rings. The molecule has 0 aromatic heterocycles. The Morgan fingerprint density at radius 1 is 0.900 bits per heavy atom. The van der Waals surface area contributed by atoms with Crippen LogP contribution in [-0.4, -0.2) is 36.3 Å². The molecule has 6 heteroatoms. The number of fused-ring (bicyclic) bond motifs is 1. The molecule has 4 rings (SSSR count). The van der Waals surface area contributed by atoms with Gasteiger partial charge in [-0.3, -0.25) is 14.5 Å². The van der Waals surface area contributed by atoms with E-state index in [1.54, 1.807) is 0 Å². The van der Waals surface area contributed by atoms with E-state index in [-0.39, 0.29) is 6.04 Å². The lowest BCUT2D eigenvalue weighted by Crippen LogP contribution is -2.41. The first-order chi connectivity index (χ1) is 14.6. The Kier molecular flexibility index (Phi) is 6.05. The van der Waals surface area contributed by atoms with E-state index in [9.17, 15) is 14.0 Å². The number of nitrogens with zero attached hydrogens (tertiary/aromatic N) is 1. The molecule has 30 heavy (non-hydrogen) atoms. The van der Waals surface area contributed by atoms with Gasteiger partial charge in [0.2, 0.25) is 0 Å². The molecule has 0 spiro atoms. The van der Waals surface area contributed by atoms with E-state index in [1.165, 1.54) is 24.3 Å². The summed E-state index contributed by atoms with van der Waals surface area (Å²) in [5, 5.41) is 7.59. The second-order valence-electron chi connectivity index (χ2n) is 7.50. The number of hydrogen-bond acceptors (Lipinski definition) is 3. The third kappa shape index (κ3) is 4.49. The van der Waals surface area contributed by atoms with E-state index >= 15 is 0 Å². The zero-order chi connectivity index (χ0) is 20.9. The van der Waals surface area contributed by atoms with Gasteiger partial charge in [-0.15, -0.1) is 0 Å². The molecule has 5 nitrogen and oxygen atoms in total. The predicted octanol–water partition coefficient (Wildman–Crippen LogP) is 3.87. The average molecular weight is 405 g/mol. The number of carbonyl (C=O) groups excluding carboxylic acids is 2. The van der Waals surface area contributed by atoms with Crippen molar-refractivity contribution in [3.63, 3.8) is 0 Å². The smallest absolute Gasteiger partial charge is 0.313 e. The van der Waals surface area contributed by atoms with Gasteiger partial charge in [0.05, 0.1) is 6.04 Å². The van der Waals surface area contributed by atoms with Gasteiger partial charge >= 0.3 is 11.8 Å². The SMILES string of the molecule is O=C(NC[C@@H](c1cccc2ccccc12)N1CCCC1)C(=O)Nc1ccc(F)cc1. The lowest BCUT2D eigenvalue weighted by Gasteiger charge is -2.29. The summed E-state index contributed by atoms with van der Waals surface area (Å²) in [6.45, 7) is 2.26. The molecule has 0 saturated carbocycles. The molecule has 3 aromatic carbocycles. The number of nitrogens with one attached hydrogen (secondary N) is 2. The van der Waals surface area contributed by atoms with Crippen LogP contribution in [0.25, 0.3) is 10.8 Å². The number of likely N-dealkylation sites (tertiary alicyclic amines) is 1. The molecule has 0 unspecified atom stereocenters. The highest BCUT2D eigenvalue weighted by Crippen LogP contribution is 2.30. The minimum atomic E-state index is -0.764. The van der Waals surface area contributed by atoms with Crippen molar-refractivity contribution in [1.82, 2.24) is 10.2 Å². The summed E-state index contributed by atoms with van der Waals surface area (Å²) in [5.74, 6) is -1.87. The van der Waals surface area contributed by atoms with Crippen molar-refractivity contribution in [2.45, 2.75) is 18.9 Å². The quantitative estimate of drug-likeness (QED) is 0.634. The second-order valence-corrected chi connectivity index (χ2v) is 7.50. The van der Waals surface area contributed by atoms with Crippen molar-refractivity contribution in [2.75, 3.05) is 25.0 Å². The van der Waals surface area contributed by atoms with Crippen LogP contribution in [0.5, 0.6) is 0 Å². The van der Waals surface area contributed by atoms with Crippen molar-refractivity contribution >= 4 is 28.3 Å². The van der Waals surface area contributed by atoms with E-state index in [0.717, 1.165) is 42.3 Å². The Hall–Kier alpha value is -3.25. The third-order valence-corrected chi connectivity index (χ3v) is 5.53. The topological polar surface area (TPSA) is 61.4 Å². The highest BCUT2D eigenvalue weighted by molar-refractivity contribution is 6.39. The summed E-state index contributed by atoms with van der Waals surface area (Å²) < 4.78 is 13.0. The molecule has 2 N–H and O–H groups in total. The molecule has 1 saturated heterocycles. The molecule has 0 radical (unpaired) electrons. The Labute approximate surface area is 174 Å². The Bertz CT molecular complexity index is 1040. The van der Waals surface area contributed by atoms with E-state index in [1.807, 2.05) is 18.2 Å². The zero-order valence-electron chi connectivity index (χ0n) is 16.6. The second kappa shape index (κ2) is 9.05. The minimum Gasteiger partial charge on any atom is -0.346 e. The maximum atomic E-state index is 13.0. The molecule has 0 aliphatic carbocycles. The van der Waals surface area contributed by atoms with E-state index < -0.39 is 17.6 Å². The lowest BCUT2D eigenvalue weighted by atomic mass is 9.97. The Morgan fingerprint density at radius 2 is 1.60 bits per heavy atom. The van der Waals surface area contributed by atoms with Gasteiger partial charge in [-0.05, 0) is 66.5 Å². The number of carbonyl (C=O) groups is 2. The van der Waals surface area contributed by atoms with Gasteiger partial charge in [-0.25, -0.2) is 4.39 Å². The first-order valence-corrected chi connectivity index (χ1v) is 10.2. The van der Waals surface area contributed by atoms with Crippen molar-refractivity contribution < 1.29 is 14.0 Å². The molecule has 1 aliphatic rings. The monoisotopic (exact) mass is 405 g/mol. The molecule has 1 atom stereocenters. The molecule has 0 bridgehead atoms. The van der Waals surface area contributed by atoms with Crippen LogP contribution in [0, 0.1) is 5.82 Å². The summed E-state index contributed by atoms with van der Waals surface area (Å²) in [5.41, 5.74) is 1.52. The van der Waals surface area contributed by atoms with Crippen LogP contribution in [-0.2, 0) is 9.59 Å². The fourth-order valence-electron chi connectivity index (χ4n) is 4.02. The van der Waals surface area contributed by atoms with Gasteiger partial charge in [-0.2, -0.15) is 0 Å². The van der Waals surface area contributed by atoms with Crippen LogP contribution in [0.2, 0.25) is 0 Å². The normalized spacial score (nSPS) is 15.1. The van der Waals surface area contributed by atoms with Gasteiger partial charge in [0, 0.05) is 12.2 Å². The summed E-state index contributed by atoms with van der Waals surface area (Å²) in [6.07, 6.45) is 2.25. The number of halogens is 1. The lowest BCUT2D eigenvalue weighted by molar-refractivity contribution is -0.136. The standard InChI is InChI=1S/C24H24FN3O2/c25-18-10-12-19(13-11-18)27-24(30)23(29)26-16-22(28-14-3-4-15-28)21-9-5-7-17-6-1-2-8-20(17)21/h1-2,5-13,22H,3-4,14-16H2,(H,26,29)(H,27,30)/t22-/m0/s1. The van der Waals surface area contributed by atoms with Crippen LogP contribution in [0.1, 0.15) is 24.4 Å². The van der Waals surface area contributed by atoms with Gasteiger partial charge in [-0.1, -0.05) is 42.5 Å². The first kappa shape index (κ1) is 20.0. The number of anilines is 1. The third-order valence-electron chi connectivity index (χ3n) is 5.53. The number of rotatable bonds is 5. The Morgan fingerprint density at radius 3 is 2.37 bits per heavy atom. The number of benzene rings is 3. The maximum Gasteiger partial charge on any atom is 0.313 e. The summed E-state index contributed by atoms with van der Waals surface area (Å²) in [7, 11) is 0. The molecular weight excluding hydrogens is 381 g/mol. The van der Waals surface area contributed by atoms with Crippen LogP contribution in [0.15, 0.2) is 66.7 Å². The molecule has 2 amide bonds. The highest BCUT2D eigenvalue weighted by atomic mass is 19.1. The number of amides is 2. The summed E-state index contributed by atoms with van der Waals surface area (Å²) in [6, 6.07) is 19.7. The zero-order valence-corrected chi connectivity index (χ0v) is 16.6. The van der Waals surface area contributed by atoms with E-state index in [4.69, 9.17) is 0 Å². The predicted molar refractivity (Wildman–Crippen MR) is 116 cm³/mol. The van der Waals surface area contributed by atoms with E-state index in [2.05, 4.69) is 39.8 Å². The van der Waals surface area contributed by atoms with Crippen LogP contribution >= 0.6 is 0 Å². The van der Waals surface area contributed by atoms with E-state index in [0.29, 0.717) is 12.2 Å². The average Bonchev–Trinajstić information content (AvgIpc) is 3.30. The van der Waals surface area contributed by atoms with Gasteiger partial charge < -0.3 is 10.6 Å². The largest absolute Gasteiger partial charge is 0.346 e. The Balaban J connectivity index is 1.49. The fraction of sp³-hybridized carbons (Fsp3) is 0.250. The summed E-state index contributed by atoms with van der Waals surface area (Å²) >= 11 is 0. The summed E-state index contributed by atoms with van der Waals surface area (Å²) in [4.78, 5) is 27.0. The fourth-order valence-corrected chi connectivity index (χ4v) is 4.02. The molecule has 1 fully saturated rings. The molecular formula is C24H24FN3O2. The minimum absolute atomic E-state index is 0.0128. The van der Waals surface area contributed by atoms with Crippen LogP contribution < -0.4 is 10.6 Å². The van der Waals surface area contributed by atoms with Crippen molar-refractivity contribution in [2.24, 2.45) is 0 Å².